The Kier molecular flexibility index (Phi) is 6.21. The summed E-state index contributed by atoms with van der Waals surface area (Å²) in [5.41, 5.74) is 0.659. The van der Waals surface area contributed by atoms with Crippen LogP contribution in [0.2, 0.25) is 0 Å². The quantitative estimate of drug-likeness (QED) is 0.741. The summed E-state index contributed by atoms with van der Waals surface area (Å²) in [4.78, 5) is 0.619. The fourth-order valence-corrected chi connectivity index (χ4v) is 3.33. The first-order valence-electron chi connectivity index (χ1n) is 6.58. The zero-order valence-electron chi connectivity index (χ0n) is 11.6. The third-order valence-corrected chi connectivity index (χ3v) is 4.87. The third kappa shape index (κ3) is 4.80. The lowest BCUT2D eigenvalue weighted by atomic mass is 10.1. The SMILES string of the molecule is CNC(CSc1ccccc1F)Cc1ccc(Br)cc1F. The molecule has 0 saturated carbocycles. The third-order valence-electron chi connectivity index (χ3n) is 3.17. The monoisotopic (exact) mass is 371 g/mol. The van der Waals surface area contributed by atoms with Gasteiger partial charge in [0.25, 0.3) is 0 Å². The lowest BCUT2D eigenvalue weighted by Gasteiger charge is -2.16. The number of hydrogen-bond acceptors (Lipinski definition) is 2. The van der Waals surface area contributed by atoms with Gasteiger partial charge in [-0.15, -0.1) is 11.8 Å². The molecule has 0 aliphatic carbocycles. The zero-order chi connectivity index (χ0) is 15.2. The van der Waals surface area contributed by atoms with Crippen molar-refractivity contribution in [2.24, 2.45) is 0 Å². The molecule has 0 radical (unpaired) electrons. The smallest absolute Gasteiger partial charge is 0.136 e. The van der Waals surface area contributed by atoms with E-state index >= 15 is 0 Å². The molecule has 5 heteroatoms. The van der Waals surface area contributed by atoms with E-state index in [0.717, 1.165) is 4.47 Å². The van der Waals surface area contributed by atoms with Crippen LogP contribution in [-0.4, -0.2) is 18.8 Å². The van der Waals surface area contributed by atoms with Crippen LogP contribution in [-0.2, 0) is 6.42 Å². The Labute approximate surface area is 136 Å². The highest BCUT2D eigenvalue weighted by Crippen LogP contribution is 2.23. The molecule has 2 aromatic rings. The highest BCUT2D eigenvalue weighted by Gasteiger charge is 2.12. The molecule has 0 amide bonds. The molecule has 1 nitrogen and oxygen atoms in total. The Morgan fingerprint density at radius 3 is 2.57 bits per heavy atom. The van der Waals surface area contributed by atoms with Crippen LogP contribution in [0.25, 0.3) is 0 Å². The Balaban J connectivity index is 1.99. The van der Waals surface area contributed by atoms with Crippen LogP contribution in [0.5, 0.6) is 0 Å². The fraction of sp³-hybridized carbons (Fsp3) is 0.250. The second-order valence-corrected chi connectivity index (χ2v) is 6.64. The summed E-state index contributed by atoms with van der Waals surface area (Å²) in [7, 11) is 1.84. The minimum Gasteiger partial charge on any atom is -0.316 e. The van der Waals surface area contributed by atoms with Gasteiger partial charge in [-0.2, -0.15) is 0 Å². The number of halogens is 3. The lowest BCUT2D eigenvalue weighted by molar-refractivity contribution is 0.567. The molecule has 0 aromatic heterocycles. The number of thioether (sulfide) groups is 1. The van der Waals surface area contributed by atoms with Crippen molar-refractivity contribution in [3.8, 4) is 0 Å². The number of benzene rings is 2. The van der Waals surface area contributed by atoms with Crippen molar-refractivity contribution in [1.29, 1.82) is 0 Å². The summed E-state index contributed by atoms with van der Waals surface area (Å²) in [6.45, 7) is 0. The molecule has 2 aromatic carbocycles. The molecule has 112 valence electrons. The molecule has 21 heavy (non-hydrogen) atoms. The minimum atomic E-state index is -0.222. The molecule has 0 heterocycles. The van der Waals surface area contributed by atoms with Gasteiger partial charge in [0, 0.05) is 21.2 Å². The minimum absolute atomic E-state index is 0.0743. The molecule has 0 bridgehead atoms. The molecule has 1 N–H and O–H groups in total. The summed E-state index contributed by atoms with van der Waals surface area (Å²) >= 11 is 4.69. The van der Waals surface area contributed by atoms with E-state index in [1.165, 1.54) is 23.9 Å². The number of likely N-dealkylation sites (N-methyl/N-ethyl adjacent to an activating group) is 1. The lowest BCUT2D eigenvalue weighted by Crippen LogP contribution is -2.30. The first-order chi connectivity index (χ1) is 10.1. The van der Waals surface area contributed by atoms with E-state index in [4.69, 9.17) is 0 Å². The molecule has 0 aliphatic rings. The van der Waals surface area contributed by atoms with E-state index in [0.29, 0.717) is 22.6 Å². The Bertz CT molecular complexity index is 607. The van der Waals surface area contributed by atoms with Gasteiger partial charge in [-0.05, 0) is 43.3 Å². The Morgan fingerprint density at radius 2 is 1.90 bits per heavy atom. The van der Waals surface area contributed by atoms with E-state index in [1.807, 2.05) is 19.2 Å². The number of hydrogen-bond donors (Lipinski definition) is 1. The van der Waals surface area contributed by atoms with E-state index in [-0.39, 0.29) is 17.7 Å². The molecule has 1 atom stereocenters. The summed E-state index contributed by atoms with van der Waals surface area (Å²) in [5.74, 6) is 0.236. The number of rotatable bonds is 6. The van der Waals surface area contributed by atoms with Crippen molar-refractivity contribution in [1.82, 2.24) is 5.32 Å². The molecule has 2 rings (SSSR count). The molecule has 0 spiro atoms. The standard InChI is InChI=1S/C16H16BrF2NS/c1-20-13(8-11-6-7-12(17)9-15(11)19)10-21-16-5-3-2-4-14(16)18/h2-7,9,13,20H,8,10H2,1H3. The molecule has 1 unspecified atom stereocenters. The van der Waals surface area contributed by atoms with Gasteiger partial charge >= 0.3 is 0 Å². The van der Waals surface area contributed by atoms with Crippen LogP contribution in [0.1, 0.15) is 5.56 Å². The fourth-order valence-electron chi connectivity index (χ4n) is 1.95. The molecule has 0 fully saturated rings. The van der Waals surface area contributed by atoms with Crippen molar-refractivity contribution < 1.29 is 8.78 Å². The van der Waals surface area contributed by atoms with Gasteiger partial charge in [-0.25, -0.2) is 8.78 Å². The Morgan fingerprint density at radius 1 is 1.14 bits per heavy atom. The van der Waals surface area contributed by atoms with Crippen LogP contribution in [0.4, 0.5) is 8.78 Å². The predicted octanol–water partition coefficient (Wildman–Crippen LogP) is 4.65. The predicted molar refractivity (Wildman–Crippen MR) is 87.8 cm³/mol. The maximum Gasteiger partial charge on any atom is 0.136 e. The topological polar surface area (TPSA) is 12.0 Å². The van der Waals surface area contributed by atoms with Gasteiger partial charge in [0.2, 0.25) is 0 Å². The summed E-state index contributed by atoms with van der Waals surface area (Å²) < 4.78 is 28.2. The average molecular weight is 372 g/mol. The van der Waals surface area contributed by atoms with Crippen LogP contribution < -0.4 is 5.32 Å². The van der Waals surface area contributed by atoms with Crippen LogP contribution in [0.15, 0.2) is 51.8 Å². The molecule has 0 saturated heterocycles. The van der Waals surface area contributed by atoms with E-state index < -0.39 is 0 Å². The average Bonchev–Trinajstić information content (AvgIpc) is 2.47. The van der Waals surface area contributed by atoms with Gasteiger partial charge in [0.05, 0.1) is 0 Å². The summed E-state index contributed by atoms with van der Waals surface area (Å²) in [5, 5.41) is 3.16. The van der Waals surface area contributed by atoms with Gasteiger partial charge in [0.1, 0.15) is 11.6 Å². The maximum absolute atomic E-state index is 13.8. The largest absolute Gasteiger partial charge is 0.316 e. The van der Waals surface area contributed by atoms with Crippen LogP contribution in [0.3, 0.4) is 0 Å². The van der Waals surface area contributed by atoms with Crippen molar-refractivity contribution >= 4 is 27.7 Å². The molecular formula is C16H16BrF2NS. The first-order valence-corrected chi connectivity index (χ1v) is 8.36. The van der Waals surface area contributed by atoms with Crippen molar-refractivity contribution in [2.75, 3.05) is 12.8 Å². The summed E-state index contributed by atoms with van der Waals surface area (Å²) in [6.07, 6.45) is 0.567. The van der Waals surface area contributed by atoms with Crippen molar-refractivity contribution in [2.45, 2.75) is 17.4 Å². The van der Waals surface area contributed by atoms with E-state index in [9.17, 15) is 8.78 Å². The Hall–Kier alpha value is -0.910. The number of nitrogens with one attached hydrogen (secondary N) is 1. The van der Waals surface area contributed by atoms with Crippen molar-refractivity contribution in [3.63, 3.8) is 0 Å². The molecular weight excluding hydrogens is 356 g/mol. The van der Waals surface area contributed by atoms with Crippen molar-refractivity contribution in [3.05, 3.63) is 64.1 Å². The van der Waals surface area contributed by atoms with E-state index in [1.54, 1.807) is 18.2 Å². The van der Waals surface area contributed by atoms with Gasteiger partial charge in [-0.1, -0.05) is 34.1 Å². The van der Waals surface area contributed by atoms with E-state index in [2.05, 4.69) is 21.2 Å². The van der Waals surface area contributed by atoms with Gasteiger partial charge in [0.15, 0.2) is 0 Å². The first kappa shape index (κ1) is 16.5. The maximum atomic E-state index is 13.8. The summed E-state index contributed by atoms with van der Waals surface area (Å²) in [6, 6.07) is 11.8. The second-order valence-electron chi connectivity index (χ2n) is 4.67. The van der Waals surface area contributed by atoms with Gasteiger partial charge < -0.3 is 5.32 Å². The second kappa shape index (κ2) is 7.92. The highest BCUT2D eigenvalue weighted by molar-refractivity contribution is 9.10. The van der Waals surface area contributed by atoms with Crippen LogP contribution >= 0.6 is 27.7 Å². The van der Waals surface area contributed by atoms with Gasteiger partial charge in [-0.3, -0.25) is 0 Å². The normalized spacial score (nSPS) is 12.4. The highest BCUT2D eigenvalue weighted by atomic mass is 79.9. The zero-order valence-corrected chi connectivity index (χ0v) is 14.0. The van der Waals surface area contributed by atoms with Crippen LogP contribution in [0, 0.1) is 11.6 Å². The molecule has 0 aliphatic heterocycles.